The Morgan fingerprint density at radius 1 is 1.00 bits per heavy atom. The van der Waals surface area contributed by atoms with Gasteiger partial charge in [-0.15, -0.1) is 0 Å². The van der Waals surface area contributed by atoms with Gasteiger partial charge in [0.2, 0.25) is 0 Å². The highest BCUT2D eigenvalue weighted by Crippen LogP contribution is 2.37. The fourth-order valence-corrected chi connectivity index (χ4v) is 3.47. The number of hydrogen-bond acceptors (Lipinski definition) is 3. The van der Waals surface area contributed by atoms with E-state index in [0.29, 0.717) is 17.0 Å². The standard InChI is InChI=1S/C24H19ClN2O2/c25-19-13-10-17(11-14-19)12-15-24(29)27-22(20-8-4-5-9-23(20)28)16-21(26-27)18-6-2-1-3-7-18/h1-15,22,28H,16H2/b15-12+. The fourth-order valence-electron chi connectivity index (χ4n) is 3.35. The molecule has 0 fully saturated rings. The zero-order valence-corrected chi connectivity index (χ0v) is 16.3. The minimum absolute atomic E-state index is 0.154. The molecule has 1 N–H and O–H groups in total. The molecule has 1 atom stereocenters. The van der Waals surface area contributed by atoms with Crippen molar-refractivity contribution >= 4 is 29.3 Å². The summed E-state index contributed by atoms with van der Waals surface area (Å²) >= 11 is 5.91. The molecule has 4 rings (SSSR count). The van der Waals surface area contributed by atoms with Crippen LogP contribution in [0.3, 0.4) is 0 Å². The van der Waals surface area contributed by atoms with Gasteiger partial charge in [-0.1, -0.05) is 72.3 Å². The lowest BCUT2D eigenvalue weighted by Crippen LogP contribution is -2.25. The number of para-hydroxylation sites is 1. The molecule has 1 amide bonds. The lowest BCUT2D eigenvalue weighted by Gasteiger charge is -2.21. The summed E-state index contributed by atoms with van der Waals surface area (Å²) in [5.74, 6) is -0.0966. The molecule has 0 spiro atoms. The molecule has 1 unspecified atom stereocenters. The van der Waals surface area contributed by atoms with Gasteiger partial charge in [-0.2, -0.15) is 5.10 Å². The molecule has 1 aliphatic heterocycles. The molecule has 3 aromatic carbocycles. The number of aromatic hydroxyl groups is 1. The Morgan fingerprint density at radius 2 is 1.69 bits per heavy atom. The number of carbonyl (C=O) groups is 1. The maximum atomic E-state index is 13.0. The molecule has 0 aliphatic carbocycles. The van der Waals surface area contributed by atoms with Gasteiger partial charge in [-0.3, -0.25) is 4.79 Å². The summed E-state index contributed by atoms with van der Waals surface area (Å²) in [6.45, 7) is 0. The SMILES string of the molecule is O=C(/C=C/c1ccc(Cl)cc1)N1N=C(c2ccccc2)CC1c1ccccc1O. The number of phenolic OH excluding ortho intramolecular Hbond substituents is 1. The molecule has 0 aromatic heterocycles. The van der Waals surface area contributed by atoms with Crippen LogP contribution in [0, 0.1) is 0 Å². The Hall–Kier alpha value is -3.37. The highest BCUT2D eigenvalue weighted by atomic mass is 35.5. The molecule has 0 bridgehead atoms. The van der Waals surface area contributed by atoms with Crippen LogP contribution in [0.1, 0.15) is 29.2 Å². The van der Waals surface area contributed by atoms with Crippen LogP contribution in [0.4, 0.5) is 0 Å². The van der Waals surface area contributed by atoms with Gasteiger partial charge >= 0.3 is 0 Å². The molecule has 1 heterocycles. The van der Waals surface area contributed by atoms with E-state index in [4.69, 9.17) is 11.6 Å². The number of carbonyl (C=O) groups excluding carboxylic acids is 1. The number of hydrazone groups is 1. The van der Waals surface area contributed by atoms with E-state index in [1.807, 2.05) is 54.6 Å². The summed E-state index contributed by atoms with van der Waals surface area (Å²) < 4.78 is 0. The normalized spacial score (nSPS) is 16.2. The monoisotopic (exact) mass is 402 g/mol. The van der Waals surface area contributed by atoms with Crippen LogP contribution in [0.15, 0.2) is 90.0 Å². The first-order chi connectivity index (χ1) is 14.1. The summed E-state index contributed by atoms with van der Waals surface area (Å²) in [7, 11) is 0. The van der Waals surface area contributed by atoms with E-state index >= 15 is 0 Å². The molecule has 5 heteroatoms. The number of hydrogen-bond donors (Lipinski definition) is 1. The van der Waals surface area contributed by atoms with E-state index < -0.39 is 0 Å². The number of amides is 1. The first-order valence-corrected chi connectivity index (χ1v) is 9.67. The summed E-state index contributed by atoms with van der Waals surface area (Å²) in [6.07, 6.45) is 3.76. The third kappa shape index (κ3) is 4.23. The first kappa shape index (κ1) is 19.0. The second-order valence-electron chi connectivity index (χ2n) is 6.76. The summed E-state index contributed by atoms with van der Waals surface area (Å²) in [5.41, 5.74) is 3.32. The third-order valence-corrected chi connectivity index (χ3v) is 5.08. The lowest BCUT2D eigenvalue weighted by atomic mass is 9.97. The van der Waals surface area contributed by atoms with Crippen molar-refractivity contribution in [2.45, 2.75) is 12.5 Å². The van der Waals surface area contributed by atoms with Crippen LogP contribution in [-0.4, -0.2) is 21.7 Å². The second kappa shape index (κ2) is 8.33. The van der Waals surface area contributed by atoms with Crippen molar-refractivity contribution in [2.75, 3.05) is 0 Å². The van der Waals surface area contributed by atoms with Crippen molar-refractivity contribution < 1.29 is 9.90 Å². The minimum atomic E-state index is -0.367. The van der Waals surface area contributed by atoms with E-state index in [0.717, 1.165) is 16.8 Å². The second-order valence-corrected chi connectivity index (χ2v) is 7.20. The Morgan fingerprint density at radius 3 is 2.41 bits per heavy atom. The molecule has 0 radical (unpaired) electrons. The third-order valence-electron chi connectivity index (χ3n) is 4.83. The van der Waals surface area contributed by atoms with E-state index in [1.54, 1.807) is 30.3 Å². The summed E-state index contributed by atoms with van der Waals surface area (Å²) in [6, 6.07) is 23.7. The molecule has 3 aromatic rings. The molecule has 144 valence electrons. The number of benzene rings is 3. The highest BCUT2D eigenvalue weighted by Gasteiger charge is 2.33. The molecule has 4 nitrogen and oxygen atoms in total. The smallest absolute Gasteiger partial charge is 0.267 e. The average Bonchev–Trinajstić information content (AvgIpc) is 3.19. The maximum Gasteiger partial charge on any atom is 0.267 e. The van der Waals surface area contributed by atoms with Crippen molar-refractivity contribution in [3.05, 3.63) is 107 Å². The van der Waals surface area contributed by atoms with Gasteiger partial charge in [-0.25, -0.2) is 5.01 Å². The van der Waals surface area contributed by atoms with Gasteiger partial charge in [0, 0.05) is 23.1 Å². The highest BCUT2D eigenvalue weighted by molar-refractivity contribution is 6.30. The average molecular weight is 403 g/mol. The Balaban J connectivity index is 1.65. The maximum absolute atomic E-state index is 13.0. The summed E-state index contributed by atoms with van der Waals surface area (Å²) in [4.78, 5) is 13.0. The number of halogens is 1. The van der Waals surface area contributed by atoms with Crippen LogP contribution in [0.25, 0.3) is 6.08 Å². The molecular formula is C24H19ClN2O2. The Kier molecular flexibility index (Phi) is 5.45. The minimum Gasteiger partial charge on any atom is -0.508 e. The quantitative estimate of drug-likeness (QED) is 0.591. The van der Waals surface area contributed by atoms with Gasteiger partial charge in [0.25, 0.3) is 5.91 Å². The van der Waals surface area contributed by atoms with Crippen molar-refractivity contribution in [2.24, 2.45) is 5.10 Å². The van der Waals surface area contributed by atoms with Crippen LogP contribution in [-0.2, 0) is 4.79 Å². The van der Waals surface area contributed by atoms with Crippen molar-refractivity contribution in [3.8, 4) is 5.75 Å². The largest absolute Gasteiger partial charge is 0.508 e. The molecule has 1 aliphatic rings. The number of phenols is 1. The Labute approximate surface area is 174 Å². The van der Waals surface area contributed by atoms with Gasteiger partial charge < -0.3 is 5.11 Å². The van der Waals surface area contributed by atoms with Gasteiger partial charge in [0.15, 0.2) is 0 Å². The first-order valence-electron chi connectivity index (χ1n) is 9.29. The molecule has 29 heavy (non-hydrogen) atoms. The zero-order valence-electron chi connectivity index (χ0n) is 15.6. The van der Waals surface area contributed by atoms with Gasteiger partial charge in [0.05, 0.1) is 11.8 Å². The number of nitrogens with zero attached hydrogens (tertiary/aromatic N) is 2. The summed E-state index contributed by atoms with van der Waals surface area (Å²) in [5, 5.41) is 17.0. The van der Waals surface area contributed by atoms with E-state index in [1.165, 1.54) is 11.1 Å². The Bertz CT molecular complexity index is 1080. The van der Waals surface area contributed by atoms with Gasteiger partial charge in [0.1, 0.15) is 5.75 Å². The zero-order chi connectivity index (χ0) is 20.2. The van der Waals surface area contributed by atoms with Gasteiger partial charge in [-0.05, 0) is 35.4 Å². The number of rotatable bonds is 4. The van der Waals surface area contributed by atoms with Crippen LogP contribution < -0.4 is 0 Å². The predicted octanol–water partition coefficient (Wildman–Crippen LogP) is 5.44. The van der Waals surface area contributed by atoms with Crippen LogP contribution >= 0.6 is 11.6 Å². The van der Waals surface area contributed by atoms with Crippen LogP contribution in [0.5, 0.6) is 5.75 Å². The van der Waals surface area contributed by atoms with E-state index in [-0.39, 0.29) is 17.7 Å². The van der Waals surface area contributed by atoms with Crippen molar-refractivity contribution in [1.82, 2.24) is 5.01 Å². The predicted molar refractivity (Wildman–Crippen MR) is 116 cm³/mol. The van der Waals surface area contributed by atoms with Crippen LogP contribution in [0.2, 0.25) is 5.02 Å². The lowest BCUT2D eigenvalue weighted by molar-refractivity contribution is -0.127. The van der Waals surface area contributed by atoms with Crippen molar-refractivity contribution in [1.29, 1.82) is 0 Å². The fraction of sp³-hybridized carbons (Fsp3) is 0.0833. The van der Waals surface area contributed by atoms with E-state index in [9.17, 15) is 9.90 Å². The molecular weight excluding hydrogens is 384 g/mol. The van der Waals surface area contributed by atoms with Crippen molar-refractivity contribution in [3.63, 3.8) is 0 Å². The van der Waals surface area contributed by atoms with E-state index in [2.05, 4.69) is 5.10 Å². The topological polar surface area (TPSA) is 52.9 Å². The molecule has 0 saturated heterocycles. The molecule has 0 saturated carbocycles.